The van der Waals surface area contributed by atoms with Crippen LogP contribution >= 0.6 is 0 Å². The van der Waals surface area contributed by atoms with Gasteiger partial charge in [0.1, 0.15) is 24.7 Å². The number of hydrogen-bond donors (Lipinski definition) is 1. The van der Waals surface area contributed by atoms with E-state index in [0.717, 1.165) is 22.4 Å². The number of ether oxygens (including phenoxy) is 2. The molecule has 7 nitrogen and oxygen atoms in total. The third-order valence-corrected chi connectivity index (χ3v) is 5.60. The lowest BCUT2D eigenvalue weighted by Crippen LogP contribution is -2.30. The Labute approximate surface area is 197 Å². The summed E-state index contributed by atoms with van der Waals surface area (Å²) in [5, 5.41) is 7.68. The first-order valence-electron chi connectivity index (χ1n) is 11.1. The molecule has 0 saturated carbocycles. The average molecular weight is 453 g/mol. The molecule has 0 bridgehead atoms. The zero-order valence-electron chi connectivity index (χ0n) is 18.7. The Morgan fingerprint density at radius 2 is 1.68 bits per heavy atom. The summed E-state index contributed by atoms with van der Waals surface area (Å²) in [4.78, 5) is 17.6. The van der Waals surface area contributed by atoms with Crippen molar-refractivity contribution in [2.45, 2.75) is 19.6 Å². The summed E-state index contributed by atoms with van der Waals surface area (Å²) < 4.78 is 13.1. The van der Waals surface area contributed by atoms with Crippen LogP contribution < -0.4 is 10.1 Å². The standard InChI is InChI=1S/C27H24N4O3/c1-2-33-26(32)23-24(20-11-7-4-8-12-20)30-27-28-18-29-31(27)25(23)21-13-15-22(16-14-21)34-17-19-9-5-3-6-10-19/h3-16,18,25H,2,17H2,1H3,(H,28,29,30)/t25-/m1/s1. The summed E-state index contributed by atoms with van der Waals surface area (Å²) in [5.41, 5.74) is 3.97. The molecule has 0 fully saturated rings. The predicted octanol–water partition coefficient (Wildman–Crippen LogP) is 4.85. The molecule has 0 aliphatic carbocycles. The Morgan fingerprint density at radius 3 is 2.38 bits per heavy atom. The van der Waals surface area contributed by atoms with Gasteiger partial charge < -0.3 is 14.8 Å². The number of hydrogen-bond acceptors (Lipinski definition) is 6. The normalized spacial score (nSPS) is 14.8. The van der Waals surface area contributed by atoms with Crippen molar-refractivity contribution >= 4 is 17.6 Å². The predicted molar refractivity (Wildman–Crippen MR) is 129 cm³/mol. The first kappa shape index (κ1) is 21.5. The molecule has 0 saturated heterocycles. The number of carbonyl (C=O) groups excluding carboxylic acids is 1. The van der Waals surface area contributed by atoms with Crippen LogP contribution in [0.2, 0.25) is 0 Å². The van der Waals surface area contributed by atoms with E-state index in [0.29, 0.717) is 23.8 Å². The van der Waals surface area contributed by atoms with Gasteiger partial charge in [0.15, 0.2) is 0 Å². The van der Waals surface area contributed by atoms with Gasteiger partial charge in [0.25, 0.3) is 0 Å². The van der Waals surface area contributed by atoms with Gasteiger partial charge >= 0.3 is 5.97 Å². The van der Waals surface area contributed by atoms with E-state index >= 15 is 0 Å². The number of anilines is 1. The molecule has 4 aromatic rings. The molecule has 7 heteroatoms. The van der Waals surface area contributed by atoms with Crippen LogP contribution in [0.3, 0.4) is 0 Å². The Balaban J connectivity index is 1.52. The van der Waals surface area contributed by atoms with Gasteiger partial charge in [0.2, 0.25) is 5.95 Å². The summed E-state index contributed by atoms with van der Waals surface area (Å²) in [6.45, 7) is 2.55. The van der Waals surface area contributed by atoms with E-state index in [1.165, 1.54) is 6.33 Å². The molecule has 1 N–H and O–H groups in total. The van der Waals surface area contributed by atoms with Crippen LogP contribution in [0.1, 0.15) is 29.7 Å². The van der Waals surface area contributed by atoms with Crippen molar-refractivity contribution < 1.29 is 14.3 Å². The second-order valence-electron chi connectivity index (χ2n) is 7.77. The van der Waals surface area contributed by atoms with Crippen molar-refractivity contribution in [3.8, 4) is 5.75 Å². The van der Waals surface area contributed by atoms with Crippen molar-refractivity contribution in [3.05, 3.63) is 114 Å². The molecule has 1 aliphatic heterocycles. The van der Waals surface area contributed by atoms with Gasteiger partial charge in [-0.3, -0.25) is 0 Å². The maximum atomic E-state index is 13.2. The minimum Gasteiger partial charge on any atom is -0.489 e. The molecule has 0 amide bonds. The molecule has 0 unspecified atom stereocenters. The van der Waals surface area contributed by atoms with Crippen LogP contribution in [0, 0.1) is 0 Å². The molecule has 34 heavy (non-hydrogen) atoms. The molecule has 2 heterocycles. The van der Waals surface area contributed by atoms with Crippen LogP contribution in [-0.2, 0) is 16.1 Å². The van der Waals surface area contributed by atoms with Gasteiger partial charge in [-0.25, -0.2) is 9.48 Å². The monoisotopic (exact) mass is 452 g/mol. The molecule has 1 aromatic heterocycles. The third kappa shape index (κ3) is 4.28. The Morgan fingerprint density at radius 1 is 0.971 bits per heavy atom. The molecule has 5 rings (SSSR count). The third-order valence-electron chi connectivity index (χ3n) is 5.60. The van der Waals surface area contributed by atoms with Crippen LogP contribution in [0.25, 0.3) is 5.70 Å². The van der Waals surface area contributed by atoms with Crippen molar-refractivity contribution in [2.24, 2.45) is 0 Å². The van der Waals surface area contributed by atoms with E-state index in [4.69, 9.17) is 9.47 Å². The summed E-state index contributed by atoms with van der Waals surface area (Å²) in [6.07, 6.45) is 1.48. The van der Waals surface area contributed by atoms with Gasteiger partial charge in [0, 0.05) is 0 Å². The van der Waals surface area contributed by atoms with Gasteiger partial charge in [-0.1, -0.05) is 72.8 Å². The lowest BCUT2D eigenvalue weighted by atomic mass is 9.93. The van der Waals surface area contributed by atoms with Gasteiger partial charge in [-0.2, -0.15) is 10.1 Å². The summed E-state index contributed by atoms with van der Waals surface area (Å²) in [6, 6.07) is 26.9. The number of benzene rings is 3. The van der Waals surface area contributed by atoms with Crippen molar-refractivity contribution in [1.29, 1.82) is 0 Å². The van der Waals surface area contributed by atoms with E-state index in [2.05, 4.69) is 15.4 Å². The van der Waals surface area contributed by atoms with E-state index in [1.54, 1.807) is 11.6 Å². The fraction of sp³-hybridized carbons (Fsp3) is 0.148. The molecular weight excluding hydrogens is 428 g/mol. The number of carbonyl (C=O) groups is 1. The van der Waals surface area contributed by atoms with Gasteiger partial charge in [-0.15, -0.1) is 0 Å². The highest BCUT2D eigenvalue weighted by Crippen LogP contribution is 2.39. The van der Waals surface area contributed by atoms with Crippen LogP contribution in [0.15, 0.2) is 96.8 Å². The molecule has 3 aromatic carbocycles. The molecular formula is C27H24N4O3. The SMILES string of the molecule is CCOC(=O)C1=C(c2ccccc2)Nc2ncnn2[C@@H]1c1ccc(OCc2ccccc2)cc1. The Kier molecular flexibility index (Phi) is 6.07. The second-order valence-corrected chi connectivity index (χ2v) is 7.77. The second kappa shape index (κ2) is 9.62. The highest BCUT2D eigenvalue weighted by atomic mass is 16.5. The number of nitrogens with one attached hydrogen (secondary N) is 1. The zero-order chi connectivity index (χ0) is 23.3. The quantitative estimate of drug-likeness (QED) is 0.404. The van der Waals surface area contributed by atoms with Crippen LogP contribution in [0.5, 0.6) is 5.75 Å². The Bertz CT molecular complexity index is 1300. The maximum absolute atomic E-state index is 13.2. The van der Waals surface area contributed by atoms with Crippen molar-refractivity contribution in [2.75, 3.05) is 11.9 Å². The molecule has 170 valence electrons. The lowest BCUT2D eigenvalue weighted by molar-refractivity contribution is -0.138. The highest BCUT2D eigenvalue weighted by Gasteiger charge is 2.36. The van der Waals surface area contributed by atoms with E-state index in [1.807, 2.05) is 84.9 Å². The Hall–Kier alpha value is -4.39. The summed E-state index contributed by atoms with van der Waals surface area (Å²) >= 11 is 0. The fourth-order valence-corrected chi connectivity index (χ4v) is 4.02. The van der Waals surface area contributed by atoms with E-state index < -0.39 is 12.0 Å². The van der Waals surface area contributed by atoms with Crippen molar-refractivity contribution in [3.63, 3.8) is 0 Å². The molecule has 0 radical (unpaired) electrons. The lowest BCUT2D eigenvalue weighted by Gasteiger charge is -2.29. The minimum atomic E-state index is -0.504. The van der Waals surface area contributed by atoms with E-state index in [-0.39, 0.29) is 6.61 Å². The molecule has 0 spiro atoms. The molecule has 1 aliphatic rings. The number of aromatic nitrogens is 3. The van der Waals surface area contributed by atoms with Gasteiger partial charge in [0.05, 0.1) is 17.9 Å². The van der Waals surface area contributed by atoms with Crippen molar-refractivity contribution in [1.82, 2.24) is 14.8 Å². The van der Waals surface area contributed by atoms with Gasteiger partial charge in [-0.05, 0) is 35.7 Å². The number of esters is 1. The summed E-state index contributed by atoms with van der Waals surface area (Å²) in [5.74, 6) is 0.899. The molecule has 1 atom stereocenters. The van der Waals surface area contributed by atoms with Crippen LogP contribution in [-0.4, -0.2) is 27.3 Å². The topological polar surface area (TPSA) is 78.3 Å². The minimum absolute atomic E-state index is 0.271. The average Bonchev–Trinajstić information content (AvgIpc) is 3.36. The maximum Gasteiger partial charge on any atom is 0.338 e. The smallest absolute Gasteiger partial charge is 0.338 e. The fourth-order valence-electron chi connectivity index (χ4n) is 4.02. The number of nitrogens with zero attached hydrogens (tertiary/aromatic N) is 3. The number of fused-ring (bicyclic) bond motifs is 1. The largest absolute Gasteiger partial charge is 0.489 e. The van der Waals surface area contributed by atoms with Crippen LogP contribution in [0.4, 0.5) is 5.95 Å². The number of rotatable bonds is 7. The highest BCUT2D eigenvalue weighted by molar-refractivity contribution is 6.02. The zero-order valence-corrected chi connectivity index (χ0v) is 18.7. The first-order chi connectivity index (χ1) is 16.7. The first-order valence-corrected chi connectivity index (χ1v) is 11.1. The van der Waals surface area contributed by atoms with E-state index in [9.17, 15) is 4.79 Å². The summed E-state index contributed by atoms with van der Waals surface area (Å²) in [7, 11) is 0.